The topological polar surface area (TPSA) is 126 Å². The monoisotopic (exact) mass is 548 g/mol. The number of H-pyrrole nitrogens is 1. The smallest absolute Gasteiger partial charge is 0.410 e. The molecule has 1 aromatic carbocycles. The van der Waals surface area contributed by atoms with Gasteiger partial charge in [-0.2, -0.15) is 0 Å². The van der Waals surface area contributed by atoms with E-state index in [-0.39, 0.29) is 35.8 Å². The van der Waals surface area contributed by atoms with Gasteiger partial charge in [-0.25, -0.2) is 23.4 Å². The molecule has 4 aromatic rings. The zero-order valence-corrected chi connectivity index (χ0v) is 21.3. The highest BCUT2D eigenvalue weighted by Crippen LogP contribution is 2.39. The molecule has 2 atom stereocenters. The number of nitrogens with zero attached hydrogens (tertiary/aromatic N) is 5. The summed E-state index contributed by atoms with van der Waals surface area (Å²) in [7, 11) is 0. The molecule has 0 bridgehead atoms. The number of halogens is 2. The molecule has 1 aliphatic carbocycles. The summed E-state index contributed by atoms with van der Waals surface area (Å²) in [4.78, 5) is 38.8. The Kier molecular flexibility index (Phi) is 6.74. The molecule has 0 saturated carbocycles. The summed E-state index contributed by atoms with van der Waals surface area (Å²) in [6.07, 6.45) is 3.42. The Bertz CT molecular complexity index is 1660. The third-order valence-electron chi connectivity index (χ3n) is 7.75. The molecular weight excluding hydrogens is 522 g/mol. The average Bonchev–Trinajstić information content (AvgIpc) is 3.23. The lowest BCUT2D eigenvalue weighted by molar-refractivity contribution is 0.0473. The molecule has 0 spiro atoms. The van der Waals surface area contributed by atoms with Crippen molar-refractivity contribution in [2.45, 2.75) is 43.7 Å². The standard InChI is InChI=1S/C28H26F2N6O4/c29-20-6-1-4-17(23(20)30)18-8-9-22(25-19(24(18)34-39)5-2-12-31-25)40-28(38)35-14-10-16(11-15-35)36-21-7-3-13-32-26(21)33-27(36)37/h1-7,12-13,16,18,22,39H,8-11,14-15H2,(H,32,33,37)/b34-24+/t18-,22+/m0/s1. The van der Waals surface area contributed by atoms with Crippen molar-refractivity contribution >= 4 is 23.0 Å². The van der Waals surface area contributed by atoms with Gasteiger partial charge in [-0.15, -0.1) is 0 Å². The number of piperidine rings is 1. The number of carbonyl (C=O) groups excluding carboxylic acids is 1. The van der Waals surface area contributed by atoms with Crippen molar-refractivity contribution in [3.8, 4) is 0 Å². The van der Waals surface area contributed by atoms with E-state index in [1.54, 1.807) is 33.9 Å². The lowest BCUT2D eigenvalue weighted by Gasteiger charge is -2.32. The number of aromatic amines is 1. The number of aromatic nitrogens is 4. The molecule has 1 amide bonds. The summed E-state index contributed by atoms with van der Waals surface area (Å²) >= 11 is 0. The van der Waals surface area contributed by atoms with Crippen molar-refractivity contribution in [3.63, 3.8) is 0 Å². The molecular formula is C28H26F2N6O4. The number of fused-ring (bicyclic) bond motifs is 2. The number of imidazole rings is 1. The molecule has 0 radical (unpaired) electrons. The summed E-state index contributed by atoms with van der Waals surface area (Å²) in [6.45, 7) is 0.760. The zero-order chi connectivity index (χ0) is 27.8. The lowest BCUT2D eigenvalue weighted by atomic mass is 9.88. The second-order valence-electron chi connectivity index (χ2n) is 9.96. The number of hydrogen-bond acceptors (Lipinski definition) is 7. The number of ether oxygens (including phenoxy) is 1. The van der Waals surface area contributed by atoms with E-state index in [0.29, 0.717) is 42.8 Å². The van der Waals surface area contributed by atoms with Crippen molar-refractivity contribution in [2.24, 2.45) is 5.16 Å². The minimum atomic E-state index is -1.01. The van der Waals surface area contributed by atoms with Crippen LogP contribution in [-0.2, 0) is 4.74 Å². The number of carbonyl (C=O) groups is 1. The molecule has 6 rings (SSSR count). The Hall–Kier alpha value is -4.61. The van der Waals surface area contributed by atoms with Gasteiger partial charge in [0.1, 0.15) is 6.10 Å². The molecule has 12 heteroatoms. The summed E-state index contributed by atoms with van der Waals surface area (Å²) < 4.78 is 36.4. The number of pyridine rings is 2. The fraction of sp³-hybridized carbons (Fsp3) is 0.321. The van der Waals surface area contributed by atoms with Crippen LogP contribution in [0, 0.1) is 11.6 Å². The van der Waals surface area contributed by atoms with Crippen LogP contribution >= 0.6 is 0 Å². The first-order valence-electron chi connectivity index (χ1n) is 13.1. The zero-order valence-electron chi connectivity index (χ0n) is 21.3. The van der Waals surface area contributed by atoms with Gasteiger partial charge in [0.2, 0.25) is 0 Å². The van der Waals surface area contributed by atoms with Gasteiger partial charge in [-0.3, -0.25) is 14.5 Å². The van der Waals surface area contributed by atoms with Gasteiger partial charge in [0, 0.05) is 48.6 Å². The minimum Gasteiger partial charge on any atom is -0.440 e. The molecule has 4 heterocycles. The Labute approximate surface area is 226 Å². The summed E-state index contributed by atoms with van der Waals surface area (Å²) in [5, 5.41) is 13.4. The van der Waals surface area contributed by atoms with E-state index >= 15 is 0 Å². The number of rotatable bonds is 3. The van der Waals surface area contributed by atoms with E-state index in [2.05, 4.69) is 20.1 Å². The summed E-state index contributed by atoms with van der Waals surface area (Å²) in [5.41, 5.74) is 1.98. The number of hydrogen-bond donors (Lipinski definition) is 2. The van der Waals surface area contributed by atoms with Crippen molar-refractivity contribution in [2.75, 3.05) is 13.1 Å². The first-order valence-corrected chi connectivity index (χ1v) is 13.1. The van der Waals surface area contributed by atoms with Crippen molar-refractivity contribution < 1.29 is 23.5 Å². The van der Waals surface area contributed by atoms with E-state index < -0.39 is 29.7 Å². The van der Waals surface area contributed by atoms with Crippen molar-refractivity contribution in [1.82, 2.24) is 24.4 Å². The van der Waals surface area contributed by atoms with Crippen LogP contribution in [0.3, 0.4) is 0 Å². The maximum absolute atomic E-state index is 14.8. The van der Waals surface area contributed by atoms with Gasteiger partial charge in [-0.05, 0) is 56.0 Å². The molecule has 2 N–H and O–H groups in total. The van der Waals surface area contributed by atoms with Crippen LogP contribution < -0.4 is 5.69 Å². The highest BCUT2D eigenvalue weighted by atomic mass is 19.2. The van der Waals surface area contributed by atoms with Crippen LogP contribution in [0.1, 0.15) is 60.6 Å². The summed E-state index contributed by atoms with van der Waals surface area (Å²) in [5.74, 6) is -2.78. The van der Waals surface area contributed by atoms with Gasteiger partial charge >= 0.3 is 11.8 Å². The fourth-order valence-corrected chi connectivity index (χ4v) is 5.82. The number of nitrogens with one attached hydrogen (secondary N) is 1. The number of benzene rings is 1. The molecule has 10 nitrogen and oxygen atoms in total. The van der Waals surface area contributed by atoms with Crippen LogP contribution in [0.5, 0.6) is 0 Å². The first kappa shape index (κ1) is 25.7. The van der Waals surface area contributed by atoms with E-state index in [9.17, 15) is 23.6 Å². The first-order chi connectivity index (χ1) is 19.5. The highest BCUT2D eigenvalue weighted by molar-refractivity contribution is 6.06. The molecule has 1 aliphatic heterocycles. The Balaban J connectivity index is 1.20. The number of oxime groups is 1. The van der Waals surface area contributed by atoms with E-state index in [1.165, 1.54) is 18.3 Å². The van der Waals surface area contributed by atoms with Crippen molar-refractivity contribution in [1.29, 1.82) is 0 Å². The predicted octanol–water partition coefficient (Wildman–Crippen LogP) is 4.67. The quantitative estimate of drug-likeness (QED) is 0.218. The van der Waals surface area contributed by atoms with E-state index in [4.69, 9.17) is 4.74 Å². The van der Waals surface area contributed by atoms with Crippen LogP contribution in [0.4, 0.5) is 13.6 Å². The molecule has 1 fully saturated rings. The second-order valence-corrected chi connectivity index (χ2v) is 9.96. The minimum absolute atomic E-state index is 0.0550. The van der Waals surface area contributed by atoms with Gasteiger partial charge in [0.15, 0.2) is 17.3 Å². The number of amides is 1. The van der Waals surface area contributed by atoms with Crippen molar-refractivity contribution in [3.05, 3.63) is 93.8 Å². The molecule has 0 unspecified atom stereocenters. The summed E-state index contributed by atoms with van der Waals surface area (Å²) in [6, 6.07) is 10.7. The normalized spacial score (nSPS) is 20.9. The highest BCUT2D eigenvalue weighted by Gasteiger charge is 2.36. The second kappa shape index (κ2) is 10.5. The Morgan fingerprint density at radius 3 is 2.60 bits per heavy atom. The third-order valence-corrected chi connectivity index (χ3v) is 7.75. The SMILES string of the molecule is O=C(O[C@@H]1CC[C@@H](c2cccc(F)c2F)/C(=N\O)c2cccnc21)N1CCC(n2c(=O)[nH]c3ncccc32)CC1. The Morgan fingerprint density at radius 2 is 1.80 bits per heavy atom. The van der Waals surface area contributed by atoms with E-state index in [1.807, 2.05) is 6.07 Å². The number of likely N-dealkylation sites (tertiary alicyclic amines) is 1. The van der Waals surface area contributed by atoms with E-state index in [0.717, 1.165) is 11.6 Å². The van der Waals surface area contributed by atoms with Gasteiger partial charge in [-0.1, -0.05) is 17.3 Å². The van der Waals surface area contributed by atoms with Gasteiger partial charge in [0.05, 0.1) is 16.9 Å². The third kappa shape index (κ3) is 4.48. The molecule has 1 saturated heterocycles. The van der Waals surface area contributed by atoms with Crippen LogP contribution in [-0.4, -0.2) is 54.5 Å². The maximum Gasteiger partial charge on any atom is 0.410 e. The lowest BCUT2D eigenvalue weighted by Crippen LogP contribution is -2.41. The largest absolute Gasteiger partial charge is 0.440 e. The Morgan fingerprint density at radius 1 is 1.02 bits per heavy atom. The predicted molar refractivity (Wildman–Crippen MR) is 140 cm³/mol. The maximum atomic E-state index is 14.8. The molecule has 206 valence electrons. The average molecular weight is 549 g/mol. The fourth-order valence-electron chi connectivity index (χ4n) is 5.82. The van der Waals surface area contributed by atoms with Gasteiger partial charge in [0.25, 0.3) is 0 Å². The van der Waals surface area contributed by atoms with Crippen LogP contribution in [0.15, 0.2) is 64.8 Å². The molecule has 40 heavy (non-hydrogen) atoms. The van der Waals surface area contributed by atoms with Gasteiger partial charge < -0.3 is 14.8 Å². The molecule has 3 aromatic heterocycles. The van der Waals surface area contributed by atoms with Crippen LogP contribution in [0.2, 0.25) is 0 Å². The van der Waals surface area contributed by atoms with Crippen LogP contribution in [0.25, 0.3) is 11.2 Å². The molecule has 2 aliphatic rings.